The van der Waals surface area contributed by atoms with E-state index in [-0.39, 0.29) is 0 Å². The predicted octanol–water partition coefficient (Wildman–Crippen LogP) is 4.62. The van der Waals surface area contributed by atoms with Gasteiger partial charge < -0.3 is 10.1 Å². The molecule has 0 radical (unpaired) electrons. The SMILES string of the molecule is CCNc1cc(Oc2ccc3cc(Br)ccc3c2)ncn1. The van der Waals surface area contributed by atoms with Crippen molar-refractivity contribution >= 4 is 32.5 Å². The molecule has 4 nitrogen and oxygen atoms in total. The van der Waals surface area contributed by atoms with E-state index in [1.54, 1.807) is 6.07 Å². The van der Waals surface area contributed by atoms with Crippen LogP contribution in [0.2, 0.25) is 0 Å². The Morgan fingerprint density at radius 3 is 2.71 bits per heavy atom. The number of nitrogens with zero attached hydrogens (tertiary/aromatic N) is 2. The smallest absolute Gasteiger partial charge is 0.224 e. The van der Waals surface area contributed by atoms with Gasteiger partial charge >= 0.3 is 0 Å². The highest BCUT2D eigenvalue weighted by Gasteiger charge is 2.03. The molecule has 0 aliphatic rings. The first-order valence-corrected chi connectivity index (χ1v) is 7.47. The fraction of sp³-hybridized carbons (Fsp3) is 0.125. The quantitative estimate of drug-likeness (QED) is 0.750. The van der Waals surface area contributed by atoms with E-state index in [1.807, 2.05) is 31.2 Å². The molecule has 0 unspecified atom stereocenters. The second-order valence-electron chi connectivity index (χ2n) is 4.53. The van der Waals surface area contributed by atoms with Crippen LogP contribution in [-0.2, 0) is 0 Å². The van der Waals surface area contributed by atoms with Gasteiger partial charge in [-0.05, 0) is 42.0 Å². The minimum atomic E-state index is 0.525. The zero-order chi connectivity index (χ0) is 14.7. The van der Waals surface area contributed by atoms with Gasteiger partial charge in [0.1, 0.15) is 17.9 Å². The molecule has 0 fully saturated rings. The number of fused-ring (bicyclic) bond motifs is 1. The molecule has 106 valence electrons. The van der Waals surface area contributed by atoms with Gasteiger partial charge in [-0.1, -0.05) is 28.1 Å². The Labute approximate surface area is 131 Å². The minimum absolute atomic E-state index is 0.525. The van der Waals surface area contributed by atoms with Crippen LogP contribution < -0.4 is 10.1 Å². The maximum atomic E-state index is 5.80. The molecule has 3 rings (SSSR count). The molecule has 5 heteroatoms. The average molecular weight is 344 g/mol. The lowest BCUT2D eigenvalue weighted by atomic mass is 10.1. The summed E-state index contributed by atoms with van der Waals surface area (Å²) in [5, 5.41) is 5.42. The monoisotopic (exact) mass is 343 g/mol. The molecule has 0 amide bonds. The van der Waals surface area contributed by atoms with Gasteiger partial charge in [0.15, 0.2) is 0 Å². The lowest BCUT2D eigenvalue weighted by Crippen LogP contribution is -2.00. The van der Waals surface area contributed by atoms with Crippen molar-refractivity contribution in [3.05, 3.63) is 53.3 Å². The van der Waals surface area contributed by atoms with E-state index in [1.165, 1.54) is 6.33 Å². The van der Waals surface area contributed by atoms with Gasteiger partial charge in [0, 0.05) is 17.1 Å². The number of anilines is 1. The van der Waals surface area contributed by atoms with Crippen molar-refractivity contribution in [1.29, 1.82) is 0 Å². The lowest BCUT2D eigenvalue weighted by molar-refractivity contribution is 0.462. The van der Waals surface area contributed by atoms with Gasteiger partial charge in [-0.25, -0.2) is 9.97 Å². The fourth-order valence-electron chi connectivity index (χ4n) is 2.05. The van der Waals surface area contributed by atoms with E-state index in [9.17, 15) is 0 Å². The number of nitrogens with one attached hydrogen (secondary N) is 1. The average Bonchev–Trinajstić information content (AvgIpc) is 2.48. The summed E-state index contributed by atoms with van der Waals surface area (Å²) in [4.78, 5) is 8.25. The topological polar surface area (TPSA) is 47.0 Å². The van der Waals surface area contributed by atoms with Crippen molar-refractivity contribution < 1.29 is 4.74 Å². The van der Waals surface area contributed by atoms with Gasteiger partial charge in [-0.2, -0.15) is 0 Å². The van der Waals surface area contributed by atoms with Crippen molar-refractivity contribution in [3.63, 3.8) is 0 Å². The van der Waals surface area contributed by atoms with Crippen LogP contribution in [0.5, 0.6) is 11.6 Å². The van der Waals surface area contributed by atoms with E-state index in [4.69, 9.17) is 4.74 Å². The molecule has 0 saturated carbocycles. The highest BCUT2D eigenvalue weighted by molar-refractivity contribution is 9.10. The van der Waals surface area contributed by atoms with Crippen LogP contribution in [0.4, 0.5) is 5.82 Å². The molecular weight excluding hydrogens is 330 g/mol. The first-order chi connectivity index (χ1) is 10.2. The Hall–Kier alpha value is -2.14. The number of aromatic nitrogens is 2. The fourth-order valence-corrected chi connectivity index (χ4v) is 2.43. The molecular formula is C16H14BrN3O. The number of rotatable bonds is 4. The van der Waals surface area contributed by atoms with Crippen molar-refractivity contribution in [2.75, 3.05) is 11.9 Å². The second-order valence-corrected chi connectivity index (χ2v) is 5.44. The third kappa shape index (κ3) is 3.31. The Bertz CT molecular complexity index is 776. The molecule has 0 spiro atoms. The van der Waals surface area contributed by atoms with Crippen LogP contribution in [-0.4, -0.2) is 16.5 Å². The third-order valence-electron chi connectivity index (χ3n) is 3.00. The highest BCUT2D eigenvalue weighted by atomic mass is 79.9. The maximum absolute atomic E-state index is 5.80. The van der Waals surface area contributed by atoms with Gasteiger partial charge in [0.2, 0.25) is 5.88 Å². The van der Waals surface area contributed by atoms with Crippen LogP contribution in [0, 0.1) is 0 Å². The Morgan fingerprint density at radius 1 is 1.05 bits per heavy atom. The second kappa shape index (κ2) is 6.10. The van der Waals surface area contributed by atoms with Crippen molar-refractivity contribution in [3.8, 4) is 11.6 Å². The summed E-state index contributed by atoms with van der Waals surface area (Å²) in [6.45, 7) is 2.82. The van der Waals surface area contributed by atoms with Crippen molar-refractivity contribution in [2.45, 2.75) is 6.92 Å². The number of halogens is 1. The summed E-state index contributed by atoms with van der Waals surface area (Å²) in [5.74, 6) is 2.04. The van der Waals surface area contributed by atoms with E-state index in [0.29, 0.717) is 5.88 Å². The number of hydrogen-bond donors (Lipinski definition) is 1. The van der Waals surface area contributed by atoms with Gasteiger partial charge in [-0.15, -0.1) is 0 Å². The Morgan fingerprint density at radius 2 is 1.86 bits per heavy atom. The molecule has 0 atom stereocenters. The molecule has 1 aromatic heterocycles. The van der Waals surface area contributed by atoms with Crippen LogP contribution in [0.25, 0.3) is 10.8 Å². The molecule has 1 N–H and O–H groups in total. The number of benzene rings is 2. The minimum Gasteiger partial charge on any atom is -0.439 e. The van der Waals surface area contributed by atoms with Gasteiger partial charge in [0.25, 0.3) is 0 Å². The summed E-state index contributed by atoms with van der Waals surface area (Å²) in [7, 11) is 0. The van der Waals surface area contributed by atoms with Gasteiger partial charge in [0.05, 0.1) is 0 Å². The zero-order valence-electron chi connectivity index (χ0n) is 11.5. The molecule has 21 heavy (non-hydrogen) atoms. The van der Waals surface area contributed by atoms with Gasteiger partial charge in [-0.3, -0.25) is 0 Å². The summed E-state index contributed by atoms with van der Waals surface area (Å²) >= 11 is 3.47. The molecule has 1 heterocycles. The zero-order valence-corrected chi connectivity index (χ0v) is 13.1. The first-order valence-electron chi connectivity index (χ1n) is 6.67. The lowest BCUT2D eigenvalue weighted by Gasteiger charge is -2.08. The van der Waals surface area contributed by atoms with E-state index in [2.05, 4.69) is 43.3 Å². The molecule has 0 aliphatic carbocycles. The summed E-state index contributed by atoms with van der Waals surface area (Å²) in [5.41, 5.74) is 0. The third-order valence-corrected chi connectivity index (χ3v) is 3.49. The van der Waals surface area contributed by atoms with E-state index >= 15 is 0 Å². The van der Waals surface area contributed by atoms with Crippen molar-refractivity contribution in [2.24, 2.45) is 0 Å². The first kappa shape index (κ1) is 13.8. The summed E-state index contributed by atoms with van der Waals surface area (Å²) in [6, 6.07) is 13.9. The maximum Gasteiger partial charge on any atom is 0.224 e. The normalized spacial score (nSPS) is 10.6. The molecule has 2 aromatic carbocycles. The predicted molar refractivity (Wildman–Crippen MR) is 87.9 cm³/mol. The standard InChI is InChI=1S/C16H14BrN3O/c1-2-18-15-9-16(20-10-19-15)21-14-6-4-11-7-13(17)5-3-12(11)8-14/h3-10H,2H2,1H3,(H,18,19,20). The summed E-state index contributed by atoms with van der Waals surface area (Å²) in [6.07, 6.45) is 1.49. The number of hydrogen-bond acceptors (Lipinski definition) is 4. The highest BCUT2D eigenvalue weighted by Crippen LogP contribution is 2.27. The number of ether oxygens (including phenoxy) is 1. The van der Waals surface area contributed by atoms with E-state index in [0.717, 1.165) is 33.4 Å². The Balaban J connectivity index is 1.87. The largest absolute Gasteiger partial charge is 0.439 e. The molecule has 0 bridgehead atoms. The molecule has 0 saturated heterocycles. The van der Waals surface area contributed by atoms with E-state index < -0.39 is 0 Å². The molecule has 3 aromatic rings. The van der Waals surface area contributed by atoms with Crippen molar-refractivity contribution in [1.82, 2.24) is 9.97 Å². The van der Waals surface area contributed by atoms with Crippen LogP contribution >= 0.6 is 15.9 Å². The van der Waals surface area contributed by atoms with Crippen LogP contribution in [0.1, 0.15) is 6.92 Å². The Kier molecular flexibility index (Phi) is 4.01. The van der Waals surface area contributed by atoms with Crippen LogP contribution in [0.3, 0.4) is 0 Å². The summed E-state index contributed by atoms with van der Waals surface area (Å²) < 4.78 is 6.87. The molecule has 0 aliphatic heterocycles. The van der Waals surface area contributed by atoms with Crippen LogP contribution in [0.15, 0.2) is 53.3 Å².